The predicted molar refractivity (Wildman–Crippen MR) is 119 cm³/mol. The Kier molecular flexibility index (Phi) is 4.69. The lowest BCUT2D eigenvalue weighted by Gasteiger charge is -2.34. The van der Waals surface area contributed by atoms with Gasteiger partial charge in [0.2, 0.25) is 11.8 Å². The Morgan fingerprint density at radius 1 is 1.00 bits per heavy atom. The van der Waals surface area contributed by atoms with Crippen molar-refractivity contribution in [3.8, 4) is 5.75 Å². The summed E-state index contributed by atoms with van der Waals surface area (Å²) in [5.41, 5.74) is 2.31. The van der Waals surface area contributed by atoms with Gasteiger partial charge in [0.15, 0.2) is 11.6 Å². The summed E-state index contributed by atoms with van der Waals surface area (Å²) in [4.78, 5) is 41.0. The molecule has 0 spiro atoms. The zero-order chi connectivity index (χ0) is 21.5. The minimum absolute atomic E-state index is 0.0533. The molecule has 8 nitrogen and oxygen atoms in total. The van der Waals surface area contributed by atoms with Gasteiger partial charge in [-0.2, -0.15) is 0 Å². The number of fused-ring (bicyclic) bond motifs is 2. The third-order valence-electron chi connectivity index (χ3n) is 5.94. The number of rotatable bonds is 3. The van der Waals surface area contributed by atoms with Gasteiger partial charge in [0.1, 0.15) is 5.75 Å². The summed E-state index contributed by atoms with van der Waals surface area (Å²) in [6, 6.07) is 14.9. The molecule has 2 aromatic carbocycles. The molecule has 2 amide bonds. The topological polar surface area (TPSA) is 78.9 Å². The second kappa shape index (κ2) is 7.54. The van der Waals surface area contributed by atoms with Crippen LogP contribution in [0.25, 0.3) is 11.0 Å². The van der Waals surface area contributed by atoms with Gasteiger partial charge in [0.05, 0.1) is 24.1 Å². The largest absolute Gasteiger partial charge is 0.497 e. The number of hydrogen-bond donors (Lipinski definition) is 0. The number of carbonyl (C=O) groups excluding carboxylic acids is 2. The van der Waals surface area contributed by atoms with E-state index in [-0.39, 0.29) is 18.2 Å². The van der Waals surface area contributed by atoms with Crippen LogP contribution in [0.1, 0.15) is 6.42 Å². The van der Waals surface area contributed by atoms with Crippen LogP contribution in [0.3, 0.4) is 0 Å². The van der Waals surface area contributed by atoms with Gasteiger partial charge >= 0.3 is 0 Å². The molecule has 31 heavy (non-hydrogen) atoms. The second-order valence-electron chi connectivity index (χ2n) is 7.87. The van der Waals surface area contributed by atoms with E-state index in [1.54, 1.807) is 16.9 Å². The molecule has 0 bridgehead atoms. The maximum absolute atomic E-state index is 13.5. The number of nitrogens with zero attached hydrogens (tertiary/aromatic N) is 5. The molecule has 2 aliphatic rings. The first-order chi connectivity index (χ1) is 15.0. The quantitative estimate of drug-likeness (QED) is 0.652. The Hall–Kier alpha value is -3.68. The SMILES string of the molecule is COc1ccc(N2C[C@@H](C(=O)N3CCN(C)c4nc5ccccc5nc43)CC2=O)cc1. The summed E-state index contributed by atoms with van der Waals surface area (Å²) in [6.07, 6.45) is 0.188. The first-order valence-electron chi connectivity index (χ1n) is 10.3. The van der Waals surface area contributed by atoms with Crippen molar-refractivity contribution in [3.05, 3.63) is 48.5 Å². The number of hydrogen-bond acceptors (Lipinski definition) is 6. The first-order valence-corrected chi connectivity index (χ1v) is 10.3. The van der Waals surface area contributed by atoms with Crippen LogP contribution in [-0.4, -0.2) is 55.6 Å². The molecule has 0 unspecified atom stereocenters. The van der Waals surface area contributed by atoms with Crippen molar-refractivity contribution in [2.45, 2.75) is 6.42 Å². The van der Waals surface area contributed by atoms with Gasteiger partial charge in [-0.25, -0.2) is 9.97 Å². The van der Waals surface area contributed by atoms with Crippen molar-refractivity contribution >= 4 is 40.2 Å². The zero-order valence-electron chi connectivity index (χ0n) is 17.5. The number of ether oxygens (including phenoxy) is 1. The van der Waals surface area contributed by atoms with Gasteiger partial charge in [0, 0.05) is 38.8 Å². The number of aromatic nitrogens is 2. The molecule has 1 atom stereocenters. The number of carbonyl (C=O) groups is 2. The lowest BCUT2D eigenvalue weighted by atomic mass is 10.1. The van der Waals surface area contributed by atoms with Gasteiger partial charge in [-0.3, -0.25) is 14.5 Å². The van der Waals surface area contributed by atoms with E-state index >= 15 is 0 Å². The highest BCUT2D eigenvalue weighted by Gasteiger charge is 2.40. The smallest absolute Gasteiger partial charge is 0.233 e. The Morgan fingerprint density at radius 2 is 1.68 bits per heavy atom. The van der Waals surface area contributed by atoms with Crippen molar-refractivity contribution in [1.29, 1.82) is 0 Å². The standard InChI is InChI=1S/C23H23N5O3/c1-26-11-12-27(22-21(26)24-18-5-3-4-6-19(18)25-22)23(30)15-13-20(29)28(14-15)16-7-9-17(31-2)10-8-16/h3-10,15H,11-14H2,1-2H3/t15-/m0/s1. The van der Waals surface area contributed by atoms with E-state index in [1.807, 2.05) is 60.5 Å². The molecule has 8 heteroatoms. The van der Waals surface area contributed by atoms with E-state index in [0.717, 1.165) is 22.5 Å². The van der Waals surface area contributed by atoms with E-state index < -0.39 is 5.92 Å². The van der Waals surface area contributed by atoms with Crippen LogP contribution in [0.2, 0.25) is 0 Å². The number of anilines is 3. The molecule has 0 saturated carbocycles. The highest BCUT2D eigenvalue weighted by atomic mass is 16.5. The molecule has 1 aromatic heterocycles. The molecule has 0 N–H and O–H groups in total. The van der Waals surface area contributed by atoms with E-state index in [1.165, 1.54) is 0 Å². The van der Waals surface area contributed by atoms with Crippen molar-refractivity contribution < 1.29 is 14.3 Å². The summed E-state index contributed by atoms with van der Waals surface area (Å²) in [7, 11) is 3.55. The zero-order valence-corrected chi connectivity index (χ0v) is 17.5. The summed E-state index contributed by atoms with van der Waals surface area (Å²) >= 11 is 0. The van der Waals surface area contributed by atoms with Crippen LogP contribution in [0.5, 0.6) is 5.75 Å². The minimum atomic E-state index is -0.417. The maximum atomic E-state index is 13.5. The minimum Gasteiger partial charge on any atom is -0.497 e. The number of benzene rings is 2. The van der Waals surface area contributed by atoms with E-state index in [9.17, 15) is 9.59 Å². The molecule has 158 valence electrons. The molecule has 5 rings (SSSR count). The average Bonchev–Trinajstić information content (AvgIpc) is 3.19. The fraction of sp³-hybridized carbons (Fsp3) is 0.304. The third-order valence-corrected chi connectivity index (χ3v) is 5.94. The van der Waals surface area contributed by atoms with Gasteiger partial charge < -0.3 is 14.5 Å². The summed E-state index contributed by atoms with van der Waals surface area (Å²) < 4.78 is 5.19. The van der Waals surface area contributed by atoms with E-state index in [4.69, 9.17) is 14.7 Å². The first kappa shape index (κ1) is 19.3. The lowest BCUT2D eigenvalue weighted by molar-refractivity contribution is -0.124. The Morgan fingerprint density at radius 3 is 2.35 bits per heavy atom. The van der Waals surface area contributed by atoms with E-state index in [2.05, 4.69) is 0 Å². The molecule has 3 aromatic rings. The maximum Gasteiger partial charge on any atom is 0.233 e. The van der Waals surface area contributed by atoms with Crippen LogP contribution >= 0.6 is 0 Å². The fourth-order valence-electron chi connectivity index (χ4n) is 4.20. The average molecular weight is 417 g/mol. The predicted octanol–water partition coefficient (Wildman–Crippen LogP) is 2.47. The third kappa shape index (κ3) is 3.34. The summed E-state index contributed by atoms with van der Waals surface area (Å²) in [5.74, 6) is 1.43. The van der Waals surface area contributed by atoms with Crippen LogP contribution in [-0.2, 0) is 9.59 Å². The fourth-order valence-corrected chi connectivity index (χ4v) is 4.20. The van der Waals surface area contributed by atoms with Crippen molar-refractivity contribution in [1.82, 2.24) is 9.97 Å². The number of methoxy groups -OCH3 is 1. The molecular formula is C23H23N5O3. The van der Waals surface area contributed by atoms with Crippen LogP contribution < -0.4 is 19.4 Å². The van der Waals surface area contributed by atoms with Crippen molar-refractivity contribution in [2.75, 3.05) is 48.5 Å². The number of amides is 2. The Balaban J connectivity index is 1.42. The van der Waals surface area contributed by atoms with Crippen LogP contribution in [0, 0.1) is 5.92 Å². The molecular weight excluding hydrogens is 394 g/mol. The highest BCUT2D eigenvalue weighted by molar-refractivity contribution is 6.05. The molecule has 0 aliphatic carbocycles. The van der Waals surface area contributed by atoms with Gasteiger partial charge in [-0.05, 0) is 36.4 Å². The van der Waals surface area contributed by atoms with Gasteiger partial charge in [0.25, 0.3) is 0 Å². The van der Waals surface area contributed by atoms with Crippen molar-refractivity contribution in [2.24, 2.45) is 5.92 Å². The monoisotopic (exact) mass is 417 g/mol. The highest BCUT2D eigenvalue weighted by Crippen LogP contribution is 2.34. The van der Waals surface area contributed by atoms with Crippen LogP contribution in [0.4, 0.5) is 17.3 Å². The lowest BCUT2D eigenvalue weighted by Crippen LogP contribution is -2.46. The van der Waals surface area contributed by atoms with Gasteiger partial charge in [-0.1, -0.05) is 12.1 Å². The Labute approximate surface area is 180 Å². The molecule has 1 fully saturated rings. The van der Waals surface area contributed by atoms with Crippen molar-refractivity contribution in [3.63, 3.8) is 0 Å². The van der Waals surface area contributed by atoms with Gasteiger partial charge in [-0.15, -0.1) is 0 Å². The van der Waals surface area contributed by atoms with E-state index in [0.29, 0.717) is 31.3 Å². The number of likely N-dealkylation sites (N-methyl/N-ethyl adjacent to an activating group) is 1. The van der Waals surface area contributed by atoms with Crippen LogP contribution in [0.15, 0.2) is 48.5 Å². The molecule has 0 radical (unpaired) electrons. The molecule has 2 aliphatic heterocycles. The second-order valence-corrected chi connectivity index (χ2v) is 7.87. The molecule has 1 saturated heterocycles. The number of para-hydroxylation sites is 2. The summed E-state index contributed by atoms with van der Waals surface area (Å²) in [6.45, 7) is 1.53. The molecule has 3 heterocycles. The normalized spacial score (nSPS) is 18.5. The Bertz CT molecular complexity index is 1160. The summed E-state index contributed by atoms with van der Waals surface area (Å²) in [5, 5.41) is 0.